The Morgan fingerprint density at radius 3 is 2.65 bits per heavy atom. The summed E-state index contributed by atoms with van der Waals surface area (Å²) in [6.45, 7) is 4.33. The van der Waals surface area contributed by atoms with E-state index in [4.69, 9.17) is 9.97 Å². The molecule has 2 aliphatic rings. The first-order valence-electron chi connectivity index (χ1n) is 14.6. The first kappa shape index (κ1) is 25.1. The molecule has 1 fully saturated rings. The van der Waals surface area contributed by atoms with Gasteiger partial charge in [-0.3, -0.25) is 0 Å². The van der Waals surface area contributed by atoms with Gasteiger partial charge in [0.2, 0.25) is 5.82 Å². The SMILES string of the molecule is CCc1nc2c(C)cc(CC3CCCCC3O)nc2n1[C@H]1CCc2cc(-c3ccccc3-c3nn[nH]n3)ccc21. The number of aryl methyl sites for hydroxylation is 3. The van der Waals surface area contributed by atoms with Gasteiger partial charge in [0.25, 0.3) is 0 Å². The third-order valence-corrected chi connectivity index (χ3v) is 8.95. The van der Waals surface area contributed by atoms with Crippen molar-refractivity contribution in [2.24, 2.45) is 5.92 Å². The molecule has 3 heterocycles. The molecule has 40 heavy (non-hydrogen) atoms. The lowest BCUT2D eigenvalue weighted by Crippen LogP contribution is -2.26. The molecule has 0 saturated heterocycles. The monoisotopic (exact) mass is 533 g/mol. The molecule has 0 aliphatic heterocycles. The number of hydrogen-bond donors (Lipinski definition) is 2. The second-order valence-corrected chi connectivity index (χ2v) is 11.4. The van der Waals surface area contributed by atoms with Gasteiger partial charge < -0.3 is 9.67 Å². The summed E-state index contributed by atoms with van der Waals surface area (Å²) in [5.41, 5.74) is 10.2. The summed E-state index contributed by atoms with van der Waals surface area (Å²) in [4.78, 5) is 10.3. The summed E-state index contributed by atoms with van der Waals surface area (Å²) >= 11 is 0. The number of nitrogens with one attached hydrogen (secondary N) is 1. The Bertz CT molecular complexity index is 1670. The summed E-state index contributed by atoms with van der Waals surface area (Å²) in [6.07, 6.45) is 7.80. The highest BCUT2D eigenvalue weighted by atomic mass is 16.3. The number of fused-ring (bicyclic) bond motifs is 2. The maximum Gasteiger partial charge on any atom is 0.205 e. The minimum atomic E-state index is -0.219. The van der Waals surface area contributed by atoms with Gasteiger partial charge >= 0.3 is 0 Å². The van der Waals surface area contributed by atoms with E-state index in [-0.39, 0.29) is 12.1 Å². The number of tetrazole rings is 1. The van der Waals surface area contributed by atoms with E-state index >= 15 is 0 Å². The smallest absolute Gasteiger partial charge is 0.205 e. The molecule has 0 radical (unpaired) electrons. The van der Waals surface area contributed by atoms with Crippen LogP contribution in [-0.4, -0.2) is 46.4 Å². The summed E-state index contributed by atoms with van der Waals surface area (Å²) in [5.74, 6) is 1.98. The van der Waals surface area contributed by atoms with Crippen molar-refractivity contribution >= 4 is 11.2 Å². The highest BCUT2D eigenvalue weighted by Gasteiger charge is 2.30. The van der Waals surface area contributed by atoms with Gasteiger partial charge in [-0.2, -0.15) is 5.21 Å². The molecule has 2 N–H and O–H groups in total. The van der Waals surface area contributed by atoms with Crippen LogP contribution in [0.5, 0.6) is 0 Å². The molecule has 2 aliphatic carbocycles. The first-order valence-corrected chi connectivity index (χ1v) is 14.6. The van der Waals surface area contributed by atoms with Crippen molar-refractivity contribution in [3.63, 3.8) is 0 Å². The average molecular weight is 534 g/mol. The molecule has 3 aromatic heterocycles. The Morgan fingerprint density at radius 1 is 1.00 bits per heavy atom. The number of aromatic amines is 1. The zero-order valence-corrected chi connectivity index (χ0v) is 23.1. The normalized spacial score (nSPS) is 20.7. The topological polar surface area (TPSA) is 105 Å². The zero-order valence-electron chi connectivity index (χ0n) is 23.1. The van der Waals surface area contributed by atoms with Gasteiger partial charge in [0.1, 0.15) is 11.3 Å². The molecule has 0 amide bonds. The fourth-order valence-corrected chi connectivity index (χ4v) is 6.94. The summed E-state index contributed by atoms with van der Waals surface area (Å²) < 4.78 is 2.40. The second kappa shape index (κ2) is 10.2. The van der Waals surface area contributed by atoms with E-state index in [2.05, 4.69) is 75.4 Å². The summed E-state index contributed by atoms with van der Waals surface area (Å²) in [5, 5.41) is 25.4. The van der Waals surface area contributed by atoms with Crippen LogP contribution in [-0.2, 0) is 19.3 Å². The van der Waals surface area contributed by atoms with Gasteiger partial charge in [-0.1, -0.05) is 62.2 Å². The van der Waals surface area contributed by atoms with Crippen LogP contribution in [0.2, 0.25) is 0 Å². The van der Waals surface area contributed by atoms with Crippen LogP contribution >= 0.6 is 0 Å². The number of benzene rings is 2. The van der Waals surface area contributed by atoms with Crippen LogP contribution in [0, 0.1) is 12.8 Å². The molecule has 7 rings (SSSR count). The van der Waals surface area contributed by atoms with Crippen molar-refractivity contribution in [3.05, 3.63) is 76.7 Å². The Balaban J connectivity index is 1.27. The Labute approximate surface area is 233 Å². The molecular formula is C32H35N7O. The molecule has 2 aromatic carbocycles. The number of aliphatic hydroxyl groups is 1. The molecule has 8 heteroatoms. The number of imidazole rings is 1. The zero-order chi connectivity index (χ0) is 27.2. The first-order chi connectivity index (χ1) is 19.6. The van der Waals surface area contributed by atoms with Crippen molar-refractivity contribution in [1.29, 1.82) is 0 Å². The van der Waals surface area contributed by atoms with Crippen LogP contribution in [0.4, 0.5) is 0 Å². The summed E-state index contributed by atoms with van der Waals surface area (Å²) in [7, 11) is 0. The van der Waals surface area contributed by atoms with Crippen LogP contribution in [0.15, 0.2) is 48.5 Å². The Morgan fingerprint density at radius 2 is 1.85 bits per heavy atom. The van der Waals surface area contributed by atoms with Crippen molar-refractivity contribution < 1.29 is 5.11 Å². The molecule has 1 saturated carbocycles. The van der Waals surface area contributed by atoms with Gasteiger partial charge in [0, 0.05) is 17.7 Å². The van der Waals surface area contributed by atoms with Crippen molar-refractivity contribution in [1.82, 2.24) is 35.2 Å². The number of rotatable bonds is 6. The van der Waals surface area contributed by atoms with E-state index < -0.39 is 0 Å². The van der Waals surface area contributed by atoms with Crippen molar-refractivity contribution in [2.75, 3.05) is 0 Å². The van der Waals surface area contributed by atoms with E-state index in [0.29, 0.717) is 11.7 Å². The third kappa shape index (κ3) is 4.31. The number of nitrogens with zero attached hydrogens (tertiary/aromatic N) is 6. The summed E-state index contributed by atoms with van der Waals surface area (Å²) in [6, 6.07) is 17.5. The highest BCUT2D eigenvalue weighted by Crippen LogP contribution is 2.41. The third-order valence-electron chi connectivity index (χ3n) is 8.95. The van der Waals surface area contributed by atoms with Crippen LogP contribution < -0.4 is 0 Å². The van der Waals surface area contributed by atoms with E-state index in [1.165, 1.54) is 23.1 Å². The second-order valence-electron chi connectivity index (χ2n) is 11.4. The average Bonchev–Trinajstić information content (AvgIpc) is 3.73. The lowest BCUT2D eigenvalue weighted by Gasteiger charge is -2.27. The largest absolute Gasteiger partial charge is 0.393 e. The van der Waals surface area contributed by atoms with Crippen LogP contribution in [0.1, 0.15) is 73.3 Å². The fourth-order valence-electron chi connectivity index (χ4n) is 6.94. The Kier molecular flexibility index (Phi) is 6.42. The fraction of sp³-hybridized carbons (Fsp3) is 0.406. The minimum Gasteiger partial charge on any atom is -0.393 e. The van der Waals surface area contributed by atoms with Gasteiger partial charge in [-0.05, 0) is 84.0 Å². The van der Waals surface area contributed by atoms with Gasteiger partial charge in [0.15, 0.2) is 5.65 Å². The van der Waals surface area contributed by atoms with E-state index in [1.54, 1.807) is 0 Å². The van der Waals surface area contributed by atoms with E-state index in [9.17, 15) is 5.11 Å². The number of hydrogen-bond acceptors (Lipinski definition) is 6. The predicted molar refractivity (Wildman–Crippen MR) is 155 cm³/mol. The van der Waals surface area contributed by atoms with Gasteiger partial charge in [-0.15, -0.1) is 10.2 Å². The molecule has 204 valence electrons. The Hall–Kier alpha value is -3.91. The van der Waals surface area contributed by atoms with Crippen molar-refractivity contribution in [3.8, 4) is 22.5 Å². The van der Waals surface area contributed by atoms with E-state index in [1.807, 2.05) is 12.1 Å². The lowest BCUT2D eigenvalue weighted by atomic mass is 9.83. The van der Waals surface area contributed by atoms with Crippen LogP contribution in [0.25, 0.3) is 33.7 Å². The number of aromatic nitrogens is 7. The molecule has 5 aromatic rings. The van der Waals surface area contributed by atoms with Crippen LogP contribution in [0.3, 0.4) is 0 Å². The number of H-pyrrole nitrogens is 1. The molecule has 8 nitrogen and oxygen atoms in total. The highest BCUT2D eigenvalue weighted by molar-refractivity contribution is 5.81. The molecule has 3 atom stereocenters. The lowest BCUT2D eigenvalue weighted by molar-refractivity contribution is 0.0695. The van der Waals surface area contributed by atoms with Gasteiger partial charge in [-0.25, -0.2) is 9.97 Å². The maximum absolute atomic E-state index is 10.6. The standard InChI is InChI=1S/C32H35N7O/c1-3-29-34-30-19(2)16-23(18-22-8-4-7-11-28(22)40)33-32(30)39(29)27-15-13-21-17-20(12-14-25(21)27)24-9-5-6-10-26(24)31-35-37-38-36-31/h5-6,9-10,12,14,16-17,22,27-28,40H,3-4,7-8,11,13,15,18H2,1-2H3,(H,35,36,37,38)/t22?,27-,28?/m0/s1. The number of aliphatic hydroxyl groups excluding tert-OH is 1. The number of pyridine rings is 1. The van der Waals surface area contributed by atoms with Gasteiger partial charge in [0.05, 0.1) is 12.1 Å². The molecule has 0 bridgehead atoms. The molecule has 2 unspecified atom stereocenters. The molecular weight excluding hydrogens is 498 g/mol. The quantitative estimate of drug-likeness (QED) is 0.287. The minimum absolute atomic E-state index is 0.207. The predicted octanol–water partition coefficient (Wildman–Crippen LogP) is 5.78. The van der Waals surface area contributed by atoms with E-state index in [0.717, 1.165) is 84.3 Å². The van der Waals surface area contributed by atoms with Crippen molar-refractivity contribution in [2.45, 2.75) is 77.4 Å². The molecule has 0 spiro atoms. The maximum atomic E-state index is 10.6.